The first kappa shape index (κ1) is 9.96. The number of rotatable bonds is 2. The fourth-order valence-electron chi connectivity index (χ4n) is 1.82. The van der Waals surface area contributed by atoms with Gasteiger partial charge in [0.1, 0.15) is 6.10 Å². The van der Waals surface area contributed by atoms with Gasteiger partial charge in [-0.25, -0.2) is 0 Å². The summed E-state index contributed by atoms with van der Waals surface area (Å²) < 4.78 is 16.1. The number of methoxy groups -OCH3 is 2. The third-order valence-electron chi connectivity index (χ3n) is 2.40. The van der Waals surface area contributed by atoms with Crippen molar-refractivity contribution in [3.63, 3.8) is 0 Å². The molecule has 0 aromatic carbocycles. The van der Waals surface area contributed by atoms with E-state index in [1.165, 1.54) is 0 Å². The van der Waals surface area contributed by atoms with Crippen molar-refractivity contribution in [2.45, 2.75) is 38.8 Å². The molecule has 1 aliphatic heterocycles. The summed E-state index contributed by atoms with van der Waals surface area (Å²) in [7, 11) is 3.36. The van der Waals surface area contributed by atoms with E-state index in [1.54, 1.807) is 14.2 Å². The van der Waals surface area contributed by atoms with Crippen molar-refractivity contribution in [2.24, 2.45) is 5.92 Å². The first-order valence-electron chi connectivity index (χ1n) is 4.40. The van der Waals surface area contributed by atoms with Gasteiger partial charge in [-0.2, -0.15) is 0 Å². The van der Waals surface area contributed by atoms with Crippen molar-refractivity contribution in [3.05, 3.63) is 0 Å². The lowest BCUT2D eigenvalue weighted by Crippen LogP contribution is -2.45. The highest BCUT2D eigenvalue weighted by Gasteiger charge is 2.34. The fraction of sp³-hybridized carbons (Fsp3) is 1.00. The standard InChI is InChI=1S/C9H18O3/c1-6-5-7(2)12-9(11-4)8(6)10-3/h6-9H,5H2,1-4H3/t6?,7-,8-,9-/m1/s1. The molecule has 0 radical (unpaired) electrons. The maximum atomic E-state index is 5.56. The van der Waals surface area contributed by atoms with E-state index in [0.29, 0.717) is 5.92 Å². The smallest absolute Gasteiger partial charge is 0.183 e. The molecule has 0 N–H and O–H groups in total. The van der Waals surface area contributed by atoms with Gasteiger partial charge < -0.3 is 14.2 Å². The summed E-state index contributed by atoms with van der Waals surface area (Å²) in [6.07, 6.45) is 1.19. The highest BCUT2D eigenvalue weighted by molar-refractivity contribution is 4.77. The summed E-state index contributed by atoms with van der Waals surface area (Å²) in [4.78, 5) is 0. The lowest BCUT2D eigenvalue weighted by molar-refractivity contribution is -0.247. The predicted octanol–water partition coefficient (Wildman–Crippen LogP) is 1.42. The van der Waals surface area contributed by atoms with Crippen LogP contribution in [0.15, 0.2) is 0 Å². The molecule has 1 fully saturated rings. The van der Waals surface area contributed by atoms with Crippen LogP contribution in [0.25, 0.3) is 0 Å². The van der Waals surface area contributed by atoms with Gasteiger partial charge in [-0.15, -0.1) is 0 Å². The van der Waals surface area contributed by atoms with Crippen LogP contribution in [0.4, 0.5) is 0 Å². The summed E-state index contributed by atoms with van der Waals surface area (Å²) in [6.45, 7) is 4.23. The Hall–Kier alpha value is -0.120. The quantitative estimate of drug-likeness (QED) is 0.633. The second kappa shape index (κ2) is 4.21. The molecule has 4 atom stereocenters. The van der Waals surface area contributed by atoms with E-state index in [-0.39, 0.29) is 18.5 Å². The molecule has 0 spiro atoms. The molecule has 3 nitrogen and oxygen atoms in total. The van der Waals surface area contributed by atoms with Gasteiger partial charge in [0.25, 0.3) is 0 Å². The van der Waals surface area contributed by atoms with Gasteiger partial charge in [-0.3, -0.25) is 0 Å². The average molecular weight is 174 g/mol. The highest BCUT2D eigenvalue weighted by atomic mass is 16.7. The fourth-order valence-corrected chi connectivity index (χ4v) is 1.82. The molecule has 12 heavy (non-hydrogen) atoms. The van der Waals surface area contributed by atoms with Crippen molar-refractivity contribution in [3.8, 4) is 0 Å². The summed E-state index contributed by atoms with van der Waals surface area (Å²) in [5, 5.41) is 0. The van der Waals surface area contributed by atoms with E-state index in [2.05, 4.69) is 13.8 Å². The molecule has 0 saturated carbocycles. The lowest BCUT2D eigenvalue weighted by Gasteiger charge is -2.37. The SMILES string of the molecule is CO[C@@H]1O[C@H](C)CC(C)[C@H]1OC. The van der Waals surface area contributed by atoms with Crippen molar-refractivity contribution in [2.75, 3.05) is 14.2 Å². The van der Waals surface area contributed by atoms with Crippen LogP contribution in [0.5, 0.6) is 0 Å². The van der Waals surface area contributed by atoms with E-state index in [9.17, 15) is 0 Å². The normalized spacial score (nSPS) is 43.0. The average Bonchev–Trinajstić information content (AvgIpc) is 2.03. The van der Waals surface area contributed by atoms with E-state index < -0.39 is 0 Å². The van der Waals surface area contributed by atoms with E-state index in [4.69, 9.17) is 14.2 Å². The van der Waals surface area contributed by atoms with Gasteiger partial charge in [0.05, 0.1) is 6.10 Å². The van der Waals surface area contributed by atoms with Crippen LogP contribution < -0.4 is 0 Å². The Balaban J connectivity index is 2.56. The van der Waals surface area contributed by atoms with Gasteiger partial charge >= 0.3 is 0 Å². The molecule has 1 saturated heterocycles. The third kappa shape index (κ3) is 1.97. The molecule has 1 unspecified atom stereocenters. The molecule has 0 aromatic heterocycles. The zero-order chi connectivity index (χ0) is 9.14. The van der Waals surface area contributed by atoms with Crippen LogP contribution >= 0.6 is 0 Å². The Kier molecular flexibility index (Phi) is 3.50. The first-order valence-corrected chi connectivity index (χ1v) is 4.40. The van der Waals surface area contributed by atoms with Crippen LogP contribution in [0.1, 0.15) is 20.3 Å². The van der Waals surface area contributed by atoms with Gasteiger partial charge in [0, 0.05) is 14.2 Å². The topological polar surface area (TPSA) is 27.7 Å². The molecule has 1 rings (SSSR count). The predicted molar refractivity (Wildman–Crippen MR) is 45.9 cm³/mol. The second-order valence-corrected chi connectivity index (χ2v) is 3.46. The number of hydrogen-bond acceptors (Lipinski definition) is 3. The molecule has 72 valence electrons. The summed E-state index contributed by atoms with van der Waals surface area (Å²) in [5.74, 6) is 0.503. The Morgan fingerprint density at radius 3 is 2.33 bits per heavy atom. The summed E-state index contributed by atoms with van der Waals surface area (Å²) >= 11 is 0. The number of hydrogen-bond donors (Lipinski definition) is 0. The molecule has 0 amide bonds. The highest BCUT2D eigenvalue weighted by Crippen LogP contribution is 2.27. The van der Waals surface area contributed by atoms with Gasteiger partial charge in [-0.05, 0) is 19.3 Å². The van der Waals surface area contributed by atoms with Crippen molar-refractivity contribution < 1.29 is 14.2 Å². The zero-order valence-electron chi connectivity index (χ0n) is 8.24. The Morgan fingerprint density at radius 2 is 1.83 bits per heavy atom. The van der Waals surface area contributed by atoms with Crippen molar-refractivity contribution >= 4 is 0 Å². The molecule has 1 aliphatic rings. The van der Waals surface area contributed by atoms with Crippen molar-refractivity contribution in [1.29, 1.82) is 0 Å². The molecular formula is C9H18O3. The van der Waals surface area contributed by atoms with Crippen LogP contribution in [-0.4, -0.2) is 32.7 Å². The van der Waals surface area contributed by atoms with E-state index in [0.717, 1.165) is 6.42 Å². The van der Waals surface area contributed by atoms with Crippen molar-refractivity contribution in [1.82, 2.24) is 0 Å². The maximum Gasteiger partial charge on any atom is 0.183 e. The zero-order valence-corrected chi connectivity index (χ0v) is 8.24. The van der Waals surface area contributed by atoms with Gasteiger partial charge in [-0.1, -0.05) is 6.92 Å². The molecule has 0 aromatic rings. The molecule has 0 aliphatic carbocycles. The third-order valence-corrected chi connectivity index (χ3v) is 2.40. The van der Waals surface area contributed by atoms with E-state index in [1.807, 2.05) is 0 Å². The monoisotopic (exact) mass is 174 g/mol. The van der Waals surface area contributed by atoms with Crippen LogP contribution in [0, 0.1) is 5.92 Å². The minimum Gasteiger partial charge on any atom is -0.376 e. The van der Waals surface area contributed by atoms with Gasteiger partial charge in [0.15, 0.2) is 6.29 Å². The van der Waals surface area contributed by atoms with Crippen LogP contribution in [0.3, 0.4) is 0 Å². The van der Waals surface area contributed by atoms with E-state index >= 15 is 0 Å². The molecule has 3 heteroatoms. The van der Waals surface area contributed by atoms with Crippen LogP contribution in [0.2, 0.25) is 0 Å². The Labute approximate surface area is 74.0 Å². The largest absolute Gasteiger partial charge is 0.376 e. The maximum absolute atomic E-state index is 5.56. The Morgan fingerprint density at radius 1 is 1.17 bits per heavy atom. The summed E-state index contributed by atoms with van der Waals surface area (Å²) in [5.41, 5.74) is 0. The minimum absolute atomic E-state index is 0.0752. The van der Waals surface area contributed by atoms with Gasteiger partial charge in [0.2, 0.25) is 0 Å². The minimum atomic E-state index is -0.200. The Bertz CT molecular complexity index is 138. The number of ether oxygens (including phenoxy) is 3. The lowest BCUT2D eigenvalue weighted by atomic mass is 9.94. The van der Waals surface area contributed by atoms with Crippen LogP contribution in [-0.2, 0) is 14.2 Å². The molecule has 0 bridgehead atoms. The second-order valence-electron chi connectivity index (χ2n) is 3.46. The molecular weight excluding hydrogens is 156 g/mol. The molecule has 1 heterocycles. The summed E-state index contributed by atoms with van der Waals surface area (Å²) in [6, 6.07) is 0. The first-order chi connectivity index (χ1) is 5.69.